The highest BCUT2D eigenvalue weighted by Gasteiger charge is 2.13. The van der Waals surface area contributed by atoms with Crippen molar-refractivity contribution in [3.05, 3.63) is 0 Å². The predicted octanol–water partition coefficient (Wildman–Crippen LogP) is 2.46. The number of nitrogens with zero attached hydrogens (tertiary/aromatic N) is 1. The van der Waals surface area contributed by atoms with Gasteiger partial charge in [0.25, 0.3) is 0 Å². The number of hydrogen-bond donors (Lipinski definition) is 1. The van der Waals surface area contributed by atoms with E-state index in [0.717, 1.165) is 12.5 Å². The van der Waals surface area contributed by atoms with Crippen LogP contribution in [0.4, 0.5) is 0 Å². The molecule has 0 radical (unpaired) electrons. The first-order valence-corrected chi connectivity index (χ1v) is 5.43. The summed E-state index contributed by atoms with van der Waals surface area (Å²) < 4.78 is 0. The second-order valence-electron chi connectivity index (χ2n) is 4.18. The van der Waals surface area contributed by atoms with Crippen LogP contribution in [-0.2, 0) is 0 Å². The van der Waals surface area contributed by atoms with Crippen LogP contribution in [0.5, 0.6) is 0 Å². The van der Waals surface area contributed by atoms with E-state index in [-0.39, 0.29) is 0 Å². The van der Waals surface area contributed by atoms with Gasteiger partial charge in [-0.2, -0.15) is 5.26 Å². The lowest BCUT2D eigenvalue weighted by Gasteiger charge is -2.23. The second-order valence-corrected chi connectivity index (χ2v) is 4.18. The zero-order valence-corrected chi connectivity index (χ0v) is 8.55. The maximum atomic E-state index is 8.48. The summed E-state index contributed by atoms with van der Waals surface area (Å²) in [6, 6.07) is 2.56. The van der Waals surface area contributed by atoms with E-state index in [0.29, 0.717) is 12.5 Å². The van der Waals surface area contributed by atoms with E-state index in [1.54, 1.807) is 0 Å². The zero-order valence-electron chi connectivity index (χ0n) is 8.55. The van der Waals surface area contributed by atoms with Crippen molar-refractivity contribution in [2.45, 2.75) is 51.5 Å². The largest absolute Gasteiger partial charge is 0.313 e. The third-order valence-electron chi connectivity index (χ3n) is 2.88. The number of hydrogen-bond acceptors (Lipinski definition) is 2. The molecule has 1 N–H and O–H groups in total. The van der Waals surface area contributed by atoms with Gasteiger partial charge in [-0.05, 0) is 32.2 Å². The Hall–Kier alpha value is -0.550. The first kappa shape index (κ1) is 10.5. The molecule has 1 aliphatic rings. The van der Waals surface area contributed by atoms with Gasteiger partial charge in [0.2, 0.25) is 0 Å². The van der Waals surface area contributed by atoms with Crippen LogP contribution >= 0.6 is 0 Å². The Labute approximate surface area is 81.3 Å². The fraction of sp³-hybridized carbons (Fsp3) is 0.909. The van der Waals surface area contributed by atoms with E-state index >= 15 is 0 Å². The fourth-order valence-corrected chi connectivity index (χ4v) is 1.97. The van der Waals surface area contributed by atoms with Gasteiger partial charge in [0.05, 0.1) is 12.5 Å². The Morgan fingerprint density at radius 2 is 2.08 bits per heavy atom. The van der Waals surface area contributed by atoms with E-state index in [2.05, 4.69) is 18.3 Å². The third-order valence-corrected chi connectivity index (χ3v) is 2.88. The van der Waals surface area contributed by atoms with Gasteiger partial charge in [0.1, 0.15) is 0 Å². The topological polar surface area (TPSA) is 35.8 Å². The molecule has 2 heteroatoms. The van der Waals surface area contributed by atoms with Crippen molar-refractivity contribution in [2.24, 2.45) is 5.92 Å². The van der Waals surface area contributed by atoms with Crippen LogP contribution in [0.15, 0.2) is 0 Å². The molecule has 0 amide bonds. The monoisotopic (exact) mass is 180 g/mol. The molecule has 1 rings (SSSR count). The normalized spacial score (nSPS) is 20.9. The van der Waals surface area contributed by atoms with Gasteiger partial charge < -0.3 is 5.32 Å². The van der Waals surface area contributed by atoms with E-state index in [9.17, 15) is 0 Å². The molecule has 0 aliphatic heterocycles. The number of rotatable bonds is 4. The predicted molar refractivity (Wildman–Crippen MR) is 54.3 cm³/mol. The molecule has 1 fully saturated rings. The summed E-state index contributed by atoms with van der Waals surface area (Å²) in [5, 5.41) is 11.9. The molecular weight excluding hydrogens is 160 g/mol. The molecule has 1 saturated carbocycles. The third kappa shape index (κ3) is 4.28. The van der Waals surface area contributed by atoms with Crippen LogP contribution < -0.4 is 5.32 Å². The zero-order chi connectivity index (χ0) is 9.52. The number of nitrogens with one attached hydrogen (secondary N) is 1. The van der Waals surface area contributed by atoms with Crippen LogP contribution in [0.2, 0.25) is 0 Å². The lowest BCUT2D eigenvalue weighted by molar-refractivity contribution is 0.331. The average Bonchev–Trinajstić information content (AvgIpc) is 2.17. The van der Waals surface area contributed by atoms with Crippen LogP contribution in [0.25, 0.3) is 0 Å². The minimum Gasteiger partial charge on any atom is -0.313 e. The standard InChI is InChI=1S/C11H20N2/c1-10(7-8-12)13-9-11-5-3-2-4-6-11/h10-11,13H,2-7,9H2,1H3. The van der Waals surface area contributed by atoms with Gasteiger partial charge in [-0.25, -0.2) is 0 Å². The Morgan fingerprint density at radius 1 is 1.38 bits per heavy atom. The minimum absolute atomic E-state index is 0.368. The summed E-state index contributed by atoms with van der Waals surface area (Å²) in [6.07, 6.45) is 7.62. The summed E-state index contributed by atoms with van der Waals surface area (Å²) in [7, 11) is 0. The van der Waals surface area contributed by atoms with E-state index in [4.69, 9.17) is 5.26 Å². The lowest BCUT2D eigenvalue weighted by atomic mass is 9.89. The summed E-state index contributed by atoms with van der Waals surface area (Å²) >= 11 is 0. The first-order valence-electron chi connectivity index (χ1n) is 5.43. The fourth-order valence-electron chi connectivity index (χ4n) is 1.97. The van der Waals surface area contributed by atoms with Gasteiger partial charge in [0.15, 0.2) is 0 Å². The average molecular weight is 180 g/mol. The van der Waals surface area contributed by atoms with Gasteiger partial charge in [-0.15, -0.1) is 0 Å². The van der Waals surface area contributed by atoms with Crippen LogP contribution in [-0.4, -0.2) is 12.6 Å². The molecule has 0 saturated heterocycles. The van der Waals surface area contributed by atoms with Gasteiger partial charge in [0, 0.05) is 6.04 Å². The molecule has 0 aromatic carbocycles. The molecule has 0 spiro atoms. The van der Waals surface area contributed by atoms with E-state index in [1.807, 2.05) is 0 Å². The van der Waals surface area contributed by atoms with Crippen molar-refractivity contribution in [3.63, 3.8) is 0 Å². The molecule has 1 unspecified atom stereocenters. The van der Waals surface area contributed by atoms with Crippen molar-refractivity contribution < 1.29 is 0 Å². The van der Waals surface area contributed by atoms with Crippen molar-refractivity contribution in [3.8, 4) is 6.07 Å². The Kier molecular flexibility index (Phi) is 4.85. The van der Waals surface area contributed by atoms with Crippen LogP contribution in [0.1, 0.15) is 45.4 Å². The van der Waals surface area contributed by atoms with E-state index in [1.165, 1.54) is 32.1 Å². The van der Waals surface area contributed by atoms with Crippen molar-refractivity contribution >= 4 is 0 Å². The van der Waals surface area contributed by atoms with Gasteiger partial charge in [-0.3, -0.25) is 0 Å². The molecule has 1 atom stereocenters. The maximum Gasteiger partial charge on any atom is 0.0638 e. The molecule has 13 heavy (non-hydrogen) atoms. The lowest BCUT2D eigenvalue weighted by Crippen LogP contribution is -2.31. The summed E-state index contributed by atoms with van der Waals surface area (Å²) in [6.45, 7) is 3.20. The molecule has 74 valence electrons. The highest BCUT2D eigenvalue weighted by atomic mass is 14.9. The van der Waals surface area contributed by atoms with Crippen LogP contribution in [0, 0.1) is 17.2 Å². The van der Waals surface area contributed by atoms with E-state index < -0.39 is 0 Å². The molecule has 1 aliphatic carbocycles. The van der Waals surface area contributed by atoms with Crippen molar-refractivity contribution in [2.75, 3.05) is 6.54 Å². The SMILES string of the molecule is CC(CC#N)NCC1CCCCC1. The molecule has 2 nitrogen and oxygen atoms in total. The quantitative estimate of drug-likeness (QED) is 0.721. The Bertz CT molecular complexity index is 165. The first-order chi connectivity index (χ1) is 6.33. The van der Waals surface area contributed by atoms with Crippen molar-refractivity contribution in [1.82, 2.24) is 5.32 Å². The molecule has 0 aromatic rings. The smallest absolute Gasteiger partial charge is 0.0638 e. The molecular formula is C11H20N2. The highest BCUT2D eigenvalue weighted by molar-refractivity contribution is 4.78. The summed E-state index contributed by atoms with van der Waals surface area (Å²) in [5.41, 5.74) is 0. The Morgan fingerprint density at radius 3 is 2.69 bits per heavy atom. The summed E-state index contributed by atoms with van der Waals surface area (Å²) in [5.74, 6) is 0.870. The van der Waals surface area contributed by atoms with Crippen molar-refractivity contribution in [1.29, 1.82) is 5.26 Å². The number of nitriles is 1. The van der Waals surface area contributed by atoms with Crippen LogP contribution in [0.3, 0.4) is 0 Å². The molecule has 0 bridgehead atoms. The molecule has 0 heterocycles. The maximum absolute atomic E-state index is 8.48. The second kappa shape index (κ2) is 5.99. The summed E-state index contributed by atoms with van der Waals surface area (Å²) in [4.78, 5) is 0. The highest BCUT2D eigenvalue weighted by Crippen LogP contribution is 2.22. The van der Waals surface area contributed by atoms with Gasteiger partial charge in [-0.1, -0.05) is 19.3 Å². The molecule has 0 aromatic heterocycles. The van der Waals surface area contributed by atoms with Gasteiger partial charge >= 0.3 is 0 Å². The minimum atomic E-state index is 0.368. The Balaban J connectivity index is 2.07.